The van der Waals surface area contributed by atoms with E-state index in [2.05, 4.69) is 6.58 Å². The third-order valence-corrected chi connectivity index (χ3v) is 4.06. The summed E-state index contributed by atoms with van der Waals surface area (Å²) < 4.78 is 5.12. The predicted molar refractivity (Wildman–Crippen MR) is 88.8 cm³/mol. The number of nitrogens with zero attached hydrogens (tertiary/aromatic N) is 1. The molecule has 24 heavy (non-hydrogen) atoms. The monoisotopic (exact) mass is 343 g/mol. The highest BCUT2D eigenvalue weighted by molar-refractivity contribution is 6.30. The Morgan fingerprint density at radius 2 is 2.04 bits per heavy atom. The van der Waals surface area contributed by atoms with Gasteiger partial charge in [0, 0.05) is 11.6 Å². The molecule has 5 nitrogen and oxygen atoms in total. The number of hydrogen-bond donors (Lipinski definition) is 1. The van der Waals surface area contributed by atoms with E-state index in [9.17, 15) is 14.7 Å². The number of carbonyl (C=O) groups is 2. The number of carbonyl (C=O) groups excluding carboxylic acids is 2. The van der Waals surface area contributed by atoms with Gasteiger partial charge in [-0.3, -0.25) is 9.59 Å². The molecule has 0 spiro atoms. The molecule has 1 N–H and O–H groups in total. The molecule has 3 rings (SSSR count). The number of aliphatic hydroxyl groups is 1. The molecular weight excluding hydrogens is 330 g/mol. The molecule has 0 radical (unpaired) electrons. The standard InChI is InChI=1S/C18H14ClNO4/c1-2-9-20-15(11-5-7-12(19)8-6-11)14(17(22)18(20)23)16(21)13-4-3-10-24-13/h2-8,10,15,22H,1,9H2. The van der Waals surface area contributed by atoms with Crippen molar-refractivity contribution < 1.29 is 19.1 Å². The molecule has 122 valence electrons. The van der Waals surface area contributed by atoms with Crippen molar-refractivity contribution in [3.8, 4) is 0 Å². The highest BCUT2D eigenvalue weighted by Crippen LogP contribution is 2.39. The van der Waals surface area contributed by atoms with E-state index in [-0.39, 0.29) is 17.9 Å². The molecule has 1 atom stereocenters. The minimum atomic E-state index is -0.731. The van der Waals surface area contributed by atoms with Crippen LogP contribution >= 0.6 is 11.6 Å². The van der Waals surface area contributed by atoms with Gasteiger partial charge in [0.05, 0.1) is 17.9 Å². The lowest BCUT2D eigenvalue weighted by molar-refractivity contribution is -0.128. The van der Waals surface area contributed by atoms with Gasteiger partial charge in [-0.15, -0.1) is 6.58 Å². The van der Waals surface area contributed by atoms with Crippen LogP contribution < -0.4 is 0 Å². The van der Waals surface area contributed by atoms with Gasteiger partial charge in [-0.25, -0.2) is 0 Å². The first-order valence-electron chi connectivity index (χ1n) is 7.23. The topological polar surface area (TPSA) is 70.8 Å². The van der Waals surface area contributed by atoms with E-state index in [1.807, 2.05) is 0 Å². The Morgan fingerprint density at radius 1 is 1.33 bits per heavy atom. The maximum absolute atomic E-state index is 12.7. The number of furan rings is 1. The summed E-state index contributed by atoms with van der Waals surface area (Å²) in [5, 5.41) is 10.8. The van der Waals surface area contributed by atoms with Gasteiger partial charge in [-0.2, -0.15) is 0 Å². The van der Waals surface area contributed by atoms with Crippen LogP contribution in [0.25, 0.3) is 0 Å². The lowest BCUT2D eigenvalue weighted by Gasteiger charge is -2.25. The van der Waals surface area contributed by atoms with Crippen LogP contribution in [0, 0.1) is 0 Å². The largest absolute Gasteiger partial charge is 0.503 e. The Kier molecular flexibility index (Phi) is 4.27. The van der Waals surface area contributed by atoms with Crippen LogP contribution in [-0.4, -0.2) is 28.2 Å². The first-order valence-corrected chi connectivity index (χ1v) is 7.61. The molecule has 0 saturated heterocycles. The summed E-state index contributed by atoms with van der Waals surface area (Å²) >= 11 is 5.91. The molecule has 1 unspecified atom stereocenters. The molecule has 6 heteroatoms. The summed E-state index contributed by atoms with van der Waals surface area (Å²) in [6.45, 7) is 3.81. The summed E-state index contributed by atoms with van der Waals surface area (Å²) in [4.78, 5) is 26.5. The smallest absolute Gasteiger partial charge is 0.290 e. The van der Waals surface area contributed by atoms with E-state index >= 15 is 0 Å². The van der Waals surface area contributed by atoms with Crippen LogP contribution in [0.1, 0.15) is 22.2 Å². The number of benzene rings is 1. The molecule has 2 aromatic rings. The van der Waals surface area contributed by atoms with Gasteiger partial charge in [0.2, 0.25) is 5.78 Å². The zero-order chi connectivity index (χ0) is 17.3. The molecular formula is C18H14ClNO4. The van der Waals surface area contributed by atoms with E-state index in [4.69, 9.17) is 16.0 Å². The number of aliphatic hydroxyl groups excluding tert-OH is 1. The first-order chi connectivity index (χ1) is 11.5. The third kappa shape index (κ3) is 2.63. The van der Waals surface area contributed by atoms with Crippen molar-refractivity contribution in [3.05, 3.63) is 83.0 Å². The SMILES string of the molecule is C=CCN1C(=O)C(O)=C(C(=O)c2ccco2)C1c1ccc(Cl)cc1. The molecule has 0 bridgehead atoms. The zero-order valence-corrected chi connectivity index (χ0v) is 13.4. The highest BCUT2D eigenvalue weighted by atomic mass is 35.5. The number of halogens is 1. The Hall–Kier alpha value is -2.79. The fourth-order valence-corrected chi connectivity index (χ4v) is 2.87. The van der Waals surface area contributed by atoms with Crippen LogP contribution in [-0.2, 0) is 4.79 Å². The quantitative estimate of drug-likeness (QED) is 0.663. The molecule has 1 aliphatic heterocycles. The van der Waals surface area contributed by atoms with Crippen molar-refractivity contribution in [1.82, 2.24) is 4.90 Å². The first kappa shape index (κ1) is 16.1. The third-order valence-electron chi connectivity index (χ3n) is 3.80. The number of ketones is 1. The molecule has 1 aliphatic rings. The van der Waals surface area contributed by atoms with Crippen LogP contribution in [0.15, 0.2) is 71.1 Å². The van der Waals surface area contributed by atoms with E-state index < -0.39 is 23.5 Å². The summed E-state index contributed by atoms with van der Waals surface area (Å²) in [5.74, 6) is -1.66. The fraction of sp³-hybridized carbons (Fsp3) is 0.111. The maximum Gasteiger partial charge on any atom is 0.290 e. The average Bonchev–Trinajstić information content (AvgIpc) is 3.19. The molecule has 0 fully saturated rings. The van der Waals surface area contributed by atoms with Crippen molar-refractivity contribution in [2.24, 2.45) is 0 Å². The van der Waals surface area contributed by atoms with Crippen LogP contribution in [0.4, 0.5) is 0 Å². The molecule has 1 amide bonds. The second-order valence-corrected chi connectivity index (χ2v) is 5.71. The molecule has 0 aliphatic carbocycles. The maximum atomic E-state index is 12.7. The lowest BCUT2D eigenvalue weighted by atomic mass is 9.95. The Balaban J connectivity index is 2.11. The van der Waals surface area contributed by atoms with Crippen LogP contribution in [0.5, 0.6) is 0 Å². The second-order valence-electron chi connectivity index (χ2n) is 5.27. The summed E-state index contributed by atoms with van der Waals surface area (Å²) in [7, 11) is 0. The van der Waals surface area contributed by atoms with Gasteiger partial charge in [0.15, 0.2) is 11.5 Å². The number of hydrogen-bond acceptors (Lipinski definition) is 4. The van der Waals surface area contributed by atoms with E-state index in [0.29, 0.717) is 10.6 Å². The summed E-state index contributed by atoms with van der Waals surface area (Å²) in [5.41, 5.74) is 0.646. The fourth-order valence-electron chi connectivity index (χ4n) is 2.75. The highest BCUT2D eigenvalue weighted by Gasteiger charge is 2.43. The van der Waals surface area contributed by atoms with Gasteiger partial charge in [-0.1, -0.05) is 29.8 Å². The van der Waals surface area contributed by atoms with E-state index in [1.165, 1.54) is 23.3 Å². The number of amides is 1. The molecule has 1 aromatic heterocycles. The van der Waals surface area contributed by atoms with Crippen LogP contribution in [0.2, 0.25) is 5.02 Å². The average molecular weight is 344 g/mol. The van der Waals surface area contributed by atoms with Crippen LogP contribution in [0.3, 0.4) is 0 Å². The van der Waals surface area contributed by atoms with Crippen molar-refractivity contribution >= 4 is 23.3 Å². The van der Waals surface area contributed by atoms with Gasteiger partial charge in [-0.05, 0) is 29.8 Å². The number of rotatable bonds is 5. The molecule has 2 heterocycles. The molecule has 1 aromatic carbocycles. The van der Waals surface area contributed by atoms with E-state index in [1.54, 1.807) is 30.3 Å². The predicted octanol–water partition coefficient (Wildman–Crippen LogP) is 3.70. The minimum absolute atomic E-state index is 0.0147. The zero-order valence-electron chi connectivity index (χ0n) is 12.6. The second kappa shape index (κ2) is 6.37. The van der Waals surface area contributed by atoms with Gasteiger partial charge in [0.1, 0.15) is 0 Å². The van der Waals surface area contributed by atoms with Gasteiger partial charge >= 0.3 is 0 Å². The Morgan fingerprint density at radius 3 is 2.62 bits per heavy atom. The summed E-state index contributed by atoms with van der Waals surface area (Å²) in [6, 6.07) is 9.08. The number of Topliss-reactive ketones (excluding diaryl/α,β-unsaturated/α-hetero) is 1. The summed E-state index contributed by atoms with van der Waals surface area (Å²) in [6.07, 6.45) is 2.90. The van der Waals surface area contributed by atoms with Gasteiger partial charge in [0.25, 0.3) is 5.91 Å². The molecule has 0 saturated carbocycles. The van der Waals surface area contributed by atoms with Crippen molar-refractivity contribution in [2.45, 2.75) is 6.04 Å². The normalized spacial score (nSPS) is 17.5. The van der Waals surface area contributed by atoms with Crippen molar-refractivity contribution in [3.63, 3.8) is 0 Å². The van der Waals surface area contributed by atoms with Crippen molar-refractivity contribution in [2.75, 3.05) is 6.54 Å². The van der Waals surface area contributed by atoms with Crippen molar-refractivity contribution in [1.29, 1.82) is 0 Å². The van der Waals surface area contributed by atoms with E-state index in [0.717, 1.165) is 0 Å². The van der Waals surface area contributed by atoms with Gasteiger partial charge < -0.3 is 14.4 Å². The lowest BCUT2D eigenvalue weighted by Crippen LogP contribution is -2.31. The Labute approximate surface area is 143 Å². The minimum Gasteiger partial charge on any atom is -0.503 e. The Bertz CT molecular complexity index is 821.